The van der Waals surface area contributed by atoms with E-state index in [1.165, 1.54) is 36.4 Å². The van der Waals surface area contributed by atoms with Crippen LogP contribution in [0.1, 0.15) is 21.0 Å². The summed E-state index contributed by atoms with van der Waals surface area (Å²) >= 11 is 0. The van der Waals surface area contributed by atoms with Crippen LogP contribution in [0, 0.1) is 0 Å². The third-order valence-corrected chi connectivity index (χ3v) is 6.34. The number of fused-ring (bicyclic) bond motifs is 2. The van der Waals surface area contributed by atoms with Crippen LogP contribution in [-0.4, -0.2) is 89.9 Å². The number of para-hydroxylation sites is 2. The van der Waals surface area contributed by atoms with Gasteiger partial charge in [0.25, 0.3) is 0 Å². The summed E-state index contributed by atoms with van der Waals surface area (Å²) in [5.74, 6) is -3.25. The number of nitrogens with zero attached hydrogens (tertiary/aromatic N) is 1. The monoisotopic (exact) mass is 554 g/mol. The number of esters is 1. The van der Waals surface area contributed by atoms with E-state index in [0.717, 1.165) is 12.1 Å². The molecule has 0 bridgehead atoms. The van der Waals surface area contributed by atoms with Crippen molar-refractivity contribution in [2.45, 2.75) is 30.7 Å². The minimum atomic E-state index is -1.76. The van der Waals surface area contributed by atoms with E-state index < -0.39 is 60.4 Å². The van der Waals surface area contributed by atoms with Crippen molar-refractivity contribution < 1.29 is 54.4 Å². The van der Waals surface area contributed by atoms with E-state index in [1.54, 1.807) is 0 Å². The first kappa shape index (κ1) is 27.0. The molecule has 0 unspecified atom stereocenters. The molecule has 1 aliphatic heterocycles. The number of aromatic carboxylic acids is 1. The number of phenolic OH excluding ortho intramolecular Hbond substituents is 1. The van der Waals surface area contributed by atoms with E-state index in [0.29, 0.717) is 0 Å². The highest BCUT2D eigenvalue weighted by atomic mass is 16.7. The second-order valence-electron chi connectivity index (χ2n) is 8.91. The van der Waals surface area contributed by atoms with Gasteiger partial charge in [0.2, 0.25) is 6.29 Å². The number of aliphatic hydroxyl groups is 4. The molecule has 2 aromatic carbocycles. The summed E-state index contributed by atoms with van der Waals surface area (Å²) in [6.45, 7) is -0.698. The van der Waals surface area contributed by atoms with Crippen LogP contribution >= 0.6 is 0 Å². The second-order valence-corrected chi connectivity index (χ2v) is 8.91. The topological polar surface area (TPSA) is 229 Å². The molecule has 0 spiro atoms. The normalized spacial score (nSPS) is 22.8. The highest BCUT2D eigenvalue weighted by Gasteiger charge is 2.45. The average Bonchev–Trinajstić information content (AvgIpc) is 2.93. The smallest absolute Gasteiger partial charge is 0.360 e. The molecular formula is C26H22N2O12. The largest absolute Gasteiger partial charge is 0.506 e. The van der Waals surface area contributed by atoms with Gasteiger partial charge >= 0.3 is 11.9 Å². The maximum atomic E-state index is 13.0. The first-order valence-electron chi connectivity index (χ1n) is 11.8. The lowest BCUT2D eigenvalue weighted by Gasteiger charge is -2.39. The minimum absolute atomic E-state index is 0.00276. The van der Waals surface area contributed by atoms with Crippen molar-refractivity contribution >= 4 is 33.7 Å². The van der Waals surface area contributed by atoms with Gasteiger partial charge in [-0.1, -0.05) is 12.1 Å². The van der Waals surface area contributed by atoms with Crippen LogP contribution in [0.2, 0.25) is 0 Å². The molecule has 1 fully saturated rings. The number of aromatic amines is 1. The number of ether oxygens (including phenoxy) is 3. The number of H-pyrrole nitrogens is 1. The Morgan fingerprint density at radius 2 is 1.70 bits per heavy atom. The second kappa shape index (κ2) is 10.5. The Balaban J connectivity index is 1.54. The van der Waals surface area contributed by atoms with Crippen molar-refractivity contribution in [1.29, 1.82) is 0 Å². The molecule has 3 heterocycles. The fourth-order valence-corrected chi connectivity index (χ4v) is 4.29. The summed E-state index contributed by atoms with van der Waals surface area (Å²) in [6, 6.07) is 10.4. The highest BCUT2D eigenvalue weighted by Crippen LogP contribution is 2.34. The summed E-state index contributed by atoms with van der Waals surface area (Å²) in [6.07, 6.45) is -7.97. The molecule has 40 heavy (non-hydrogen) atoms. The van der Waals surface area contributed by atoms with Gasteiger partial charge in [0.1, 0.15) is 52.9 Å². The van der Waals surface area contributed by atoms with Gasteiger partial charge in [-0.2, -0.15) is 0 Å². The van der Waals surface area contributed by atoms with Gasteiger partial charge in [0.15, 0.2) is 11.1 Å². The van der Waals surface area contributed by atoms with Crippen molar-refractivity contribution in [2.75, 3.05) is 6.61 Å². The number of aromatic hydroxyl groups is 1. The predicted molar refractivity (Wildman–Crippen MR) is 134 cm³/mol. The van der Waals surface area contributed by atoms with Crippen LogP contribution in [0.4, 0.5) is 0 Å². The zero-order valence-corrected chi connectivity index (χ0v) is 20.3. The molecule has 2 aromatic heterocycles. The number of rotatable bonds is 6. The van der Waals surface area contributed by atoms with Crippen LogP contribution in [-0.2, 0) is 4.74 Å². The van der Waals surface area contributed by atoms with E-state index in [1.807, 2.05) is 0 Å². The standard InChI is InChI=1S/C26H22N2O12/c29-9-18-21(32)22(33)23(34)26(40-18)39-16-6-2-4-11-17(8-12(24(35)36)27-20(11)16)38-25(37)13-7-15(31)10-3-1-5-14(30)19(10)28-13/h1-8,18,21-23,26,29-30,32-34H,9H2,(H,28,31)(H,35,36)/t18-,21-,22+,23-,26-/m1/s1. The van der Waals surface area contributed by atoms with Crippen LogP contribution < -0.4 is 14.9 Å². The lowest BCUT2D eigenvalue weighted by Crippen LogP contribution is -2.60. The fourth-order valence-electron chi connectivity index (χ4n) is 4.29. The third kappa shape index (κ3) is 4.81. The maximum absolute atomic E-state index is 13.0. The molecule has 5 atom stereocenters. The highest BCUT2D eigenvalue weighted by molar-refractivity contribution is 5.99. The number of benzene rings is 2. The zero-order chi connectivity index (χ0) is 28.7. The molecule has 7 N–H and O–H groups in total. The Morgan fingerprint density at radius 1 is 0.975 bits per heavy atom. The molecule has 5 rings (SSSR count). The van der Waals surface area contributed by atoms with Crippen molar-refractivity contribution in [3.63, 3.8) is 0 Å². The molecule has 1 aliphatic rings. The third-order valence-electron chi connectivity index (χ3n) is 6.34. The van der Waals surface area contributed by atoms with Gasteiger partial charge in [-0.15, -0.1) is 0 Å². The summed E-state index contributed by atoms with van der Waals surface area (Å²) in [5, 5.41) is 59.8. The molecule has 0 amide bonds. The van der Waals surface area contributed by atoms with E-state index in [2.05, 4.69) is 9.97 Å². The molecule has 0 radical (unpaired) electrons. The number of carbonyl (C=O) groups is 2. The van der Waals surface area contributed by atoms with Gasteiger partial charge in [-0.3, -0.25) is 4.79 Å². The zero-order valence-electron chi connectivity index (χ0n) is 20.3. The van der Waals surface area contributed by atoms with E-state index in [-0.39, 0.29) is 44.7 Å². The molecule has 1 saturated heterocycles. The van der Waals surface area contributed by atoms with Gasteiger partial charge in [0, 0.05) is 22.9 Å². The van der Waals surface area contributed by atoms with Crippen molar-refractivity contribution in [1.82, 2.24) is 9.97 Å². The van der Waals surface area contributed by atoms with Gasteiger partial charge in [-0.05, 0) is 24.3 Å². The molecule has 208 valence electrons. The maximum Gasteiger partial charge on any atom is 0.360 e. The fraction of sp³-hybridized carbons (Fsp3) is 0.231. The lowest BCUT2D eigenvalue weighted by molar-refractivity contribution is -0.277. The molecule has 14 heteroatoms. The molecule has 0 aliphatic carbocycles. The first-order chi connectivity index (χ1) is 19.1. The number of carboxylic acids is 1. The number of pyridine rings is 2. The van der Waals surface area contributed by atoms with Crippen molar-refractivity contribution in [3.05, 3.63) is 70.1 Å². The van der Waals surface area contributed by atoms with Crippen molar-refractivity contribution in [3.8, 4) is 17.2 Å². The number of hydrogen-bond donors (Lipinski definition) is 7. The number of aliphatic hydroxyl groups excluding tert-OH is 4. The molecule has 4 aromatic rings. The predicted octanol–water partition coefficient (Wildman–Crippen LogP) is -0.122. The summed E-state index contributed by atoms with van der Waals surface area (Å²) in [7, 11) is 0. The Bertz CT molecular complexity index is 1680. The van der Waals surface area contributed by atoms with E-state index in [4.69, 9.17) is 14.2 Å². The van der Waals surface area contributed by atoms with E-state index >= 15 is 0 Å². The molecule has 14 nitrogen and oxygen atoms in total. The lowest BCUT2D eigenvalue weighted by atomic mass is 9.99. The van der Waals surface area contributed by atoms with E-state index in [9.17, 15) is 45.0 Å². The van der Waals surface area contributed by atoms with Gasteiger partial charge in [0.05, 0.1) is 12.1 Å². The Kier molecular flexibility index (Phi) is 7.10. The number of carboxylic acid groups (broad SMARTS) is 1. The van der Waals surface area contributed by atoms with Crippen LogP contribution in [0.25, 0.3) is 21.8 Å². The van der Waals surface area contributed by atoms with Gasteiger partial charge in [-0.25, -0.2) is 14.6 Å². The Labute approximate surface area is 223 Å². The summed E-state index contributed by atoms with van der Waals surface area (Å²) in [5.41, 5.74) is -1.58. The number of carbonyl (C=O) groups excluding carboxylic acids is 1. The van der Waals surface area contributed by atoms with Crippen LogP contribution in [0.3, 0.4) is 0 Å². The average molecular weight is 554 g/mol. The molecular weight excluding hydrogens is 532 g/mol. The number of aromatic nitrogens is 2. The number of hydrogen-bond acceptors (Lipinski definition) is 12. The Morgan fingerprint density at radius 3 is 2.42 bits per heavy atom. The van der Waals surface area contributed by atoms with Crippen molar-refractivity contribution in [2.24, 2.45) is 0 Å². The summed E-state index contributed by atoms with van der Waals surface area (Å²) < 4.78 is 16.5. The van der Waals surface area contributed by atoms with Crippen LogP contribution in [0.5, 0.6) is 17.2 Å². The number of phenols is 1. The van der Waals surface area contributed by atoms with Crippen LogP contribution in [0.15, 0.2) is 53.3 Å². The SMILES string of the molecule is O=C(O)c1cc(OC(=O)c2cc(=O)c3cccc(O)c3[nH]2)c2cccc(O[C@@H]3O[C@H](CO)[C@@H](O)[C@H](O)[C@H]3O)c2n1. The number of nitrogens with one attached hydrogen (secondary N) is 1. The van der Waals surface area contributed by atoms with Gasteiger partial charge < -0.3 is 49.8 Å². The minimum Gasteiger partial charge on any atom is -0.506 e. The quantitative estimate of drug-likeness (QED) is 0.154. The molecule has 0 saturated carbocycles. The first-order valence-corrected chi connectivity index (χ1v) is 11.8. The summed E-state index contributed by atoms with van der Waals surface area (Å²) in [4.78, 5) is 44.0. The Hall–Kier alpha value is -4.60.